The molecular formula is C15H18N2O. The third kappa shape index (κ3) is 2.24. The summed E-state index contributed by atoms with van der Waals surface area (Å²) in [6.07, 6.45) is 3.19. The number of hydrogen-bond donors (Lipinski definition) is 0. The van der Waals surface area contributed by atoms with Crippen molar-refractivity contribution in [3.8, 4) is 6.07 Å². The third-order valence-corrected chi connectivity index (χ3v) is 3.75. The molecule has 0 radical (unpaired) electrons. The van der Waals surface area contributed by atoms with Crippen molar-refractivity contribution < 1.29 is 4.79 Å². The lowest BCUT2D eigenvalue weighted by Gasteiger charge is -2.28. The van der Waals surface area contributed by atoms with E-state index in [2.05, 4.69) is 19.9 Å². The van der Waals surface area contributed by atoms with Crippen LogP contribution in [0.5, 0.6) is 0 Å². The van der Waals surface area contributed by atoms with Crippen molar-refractivity contribution in [2.24, 2.45) is 0 Å². The van der Waals surface area contributed by atoms with E-state index in [-0.39, 0.29) is 5.91 Å². The van der Waals surface area contributed by atoms with Crippen LogP contribution in [-0.4, -0.2) is 22.9 Å². The summed E-state index contributed by atoms with van der Waals surface area (Å²) in [5, 5.41) is 8.76. The molecule has 0 aromatic heterocycles. The van der Waals surface area contributed by atoms with Crippen LogP contribution in [0, 0.1) is 11.3 Å². The number of likely N-dealkylation sites (tertiary alicyclic amines) is 1. The second-order valence-electron chi connectivity index (χ2n) is 4.89. The standard InChI is InChI=1S/C15H18N2O/c1-3-14-9-4-11(2)17(14)15(18)13-7-5-12(10-16)6-8-13/h5-8,11,14H,3-4,9H2,1-2H3. The van der Waals surface area contributed by atoms with Gasteiger partial charge in [-0.15, -0.1) is 0 Å². The summed E-state index contributed by atoms with van der Waals surface area (Å²) in [7, 11) is 0. The van der Waals surface area contributed by atoms with Crippen LogP contribution in [0.25, 0.3) is 0 Å². The van der Waals surface area contributed by atoms with Crippen molar-refractivity contribution in [2.45, 2.75) is 45.2 Å². The van der Waals surface area contributed by atoms with Crippen LogP contribution < -0.4 is 0 Å². The number of carbonyl (C=O) groups excluding carboxylic acids is 1. The van der Waals surface area contributed by atoms with Gasteiger partial charge in [0.1, 0.15) is 0 Å². The van der Waals surface area contributed by atoms with E-state index < -0.39 is 0 Å². The van der Waals surface area contributed by atoms with E-state index in [4.69, 9.17) is 5.26 Å². The summed E-state index contributed by atoms with van der Waals surface area (Å²) >= 11 is 0. The molecule has 3 nitrogen and oxygen atoms in total. The Labute approximate surface area is 108 Å². The molecule has 0 saturated carbocycles. The smallest absolute Gasteiger partial charge is 0.254 e. The van der Waals surface area contributed by atoms with Crippen molar-refractivity contribution >= 4 is 5.91 Å². The van der Waals surface area contributed by atoms with Crippen LogP contribution in [-0.2, 0) is 0 Å². The molecule has 1 aromatic carbocycles. The van der Waals surface area contributed by atoms with Gasteiger partial charge in [-0.3, -0.25) is 4.79 Å². The highest BCUT2D eigenvalue weighted by Crippen LogP contribution is 2.27. The zero-order valence-corrected chi connectivity index (χ0v) is 10.9. The largest absolute Gasteiger partial charge is 0.333 e. The Balaban J connectivity index is 2.22. The van der Waals surface area contributed by atoms with Crippen LogP contribution in [0.1, 0.15) is 49.0 Å². The minimum Gasteiger partial charge on any atom is -0.333 e. The topological polar surface area (TPSA) is 44.1 Å². The van der Waals surface area contributed by atoms with E-state index in [0.29, 0.717) is 23.2 Å². The molecule has 1 heterocycles. The molecule has 1 fully saturated rings. The predicted octanol–water partition coefficient (Wildman–Crippen LogP) is 2.96. The molecule has 1 saturated heterocycles. The van der Waals surface area contributed by atoms with Gasteiger partial charge in [-0.2, -0.15) is 5.26 Å². The third-order valence-electron chi connectivity index (χ3n) is 3.75. The maximum atomic E-state index is 12.5. The lowest BCUT2D eigenvalue weighted by molar-refractivity contribution is 0.0676. The summed E-state index contributed by atoms with van der Waals surface area (Å²) in [6.45, 7) is 4.24. The molecule has 94 valence electrons. The highest BCUT2D eigenvalue weighted by molar-refractivity contribution is 5.95. The summed E-state index contributed by atoms with van der Waals surface area (Å²) in [5.41, 5.74) is 1.27. The fraction of sp³-hybridized carbons (Fsp3) is 0.467. The maximum Gasteiger partial charge on any atom is 0.254 e. The minimum atomic E-state index is 0.0938. The molecule has 2 unspecified atom stereocenters. The molecular weight excluding hydrogens is 224 g/mol. The number of benzene rings is 1. The summed E-state index contributed by atoms with van der Waals surface area (Å²) in [6, 6.07) is 9.65. The molecule has 1 aromatic rings. The molecule has 1 amide bonds. The zero-order valence-electron chi connectivity index (χ0n) is 10.9. The average molecular weight is 242 g/mol. The molecule has 18 heavy (non-hydrogen) atoms. The Kier molecular flexibility index (Phi) is 3.66. The van der Waals surface area contributed by atoms with Gasteiger partial charge in [0.25, 0.3) is 5.91 Å². The fourth-order valence-electron chi connectivity index (χ4n) is 2.67. The van der Waals surface area contributed by atoms with Gasteiger partial charge < -0.3 is 4.90 Å². The highest BCUT2D eigenvalue weighted by Gasteiger charge is 2.33. The van der Waals surface area contributed by atoms with E-state index in [1.807, 2.05) is 4.90 Å². The van der Waals surface area contributed by atoms with Crippen molar-refractivity contribution in [3.63, 3.8) is 0 Å². The number of amides is 1. The minimum absolute atomic E-state index is 0.0938. The Morgan fingerprint density at radius 3 is 2.61 bits per heavy atom. The van der Waals surface area contributed by atoms with E-state index in [0.717, 1.165) is 19.3 Å². The molecule has 0 spiro atoms. The van der Waals surface area contributed by atoms with Gasteiger partial charge in [-0.1, -0.05) is 6.92 Å². The molecule has 0 N–H and O–H groups in total. The van der Waals surface area contributed by atoms with Gasteiger partial charge in [0.05, 0.1) is 11.6 Å². The normalized spacial score (nSPS) is 22.8. The number of carbonyl (C=O) groups is 1. The first kappa shape index (κ1) is 12.6. The van der Waals surface area contributed by atoms with Crippen molar-refractivity contribution in [1.82, 2.24) is 4.90 Å². The molecule has 2 rings (SSSR count). The van der Waals surface area contributed by atoms with Gasteiger partial charge in [-0.25, -0.2) is 0 Å². The van der Waals surface area contributed by atoms with Crippen molar-refractivity contribution in [1.29, 1.82) is 5.26 Å². The van der Waals surface area contributed by atoms with Gasteiger partial charge in [0, 0.05) is 17.6 Å². The van der Waals surface area contributed by atoms with Crippen LogP contribution in [0.3, 0.4) is 0 Å². The zero-order chi connectivity index (χ0) is 13.1. The van der Waals surface area contributed by atoms with Crippen LogP contribution in [0.15, 0.2) is 24.3 Å². The predicted molar refractivity (Wildman–Crippen MR) is 70.1 cm³/mol. The first-order chi connectivity index (χ1) is 8.67. The second kappa shape index (κ2) is 5.22. The number of nitriles is 1. The van der Waals surface area contributed by atoms with Crippen LogP contribution in [0.4, 0.5) is 0 Å². The Morgan fingerprint density at radius 1 is 1.39 bits per heavy atom. The van der Waals surface area contributed by atoms with E-state index in [1.54, 1.807) is 24.3 Å². The summed E-state index contributed by atoms with van der Waals surface area (Å²) in [5.74, 6) is 0.0938. The number of hydrogen-bond acceptors (Lipinski definition) is 2. The van der Waals surface area contributed by atoms with E-state index >= 15 is 0 Å². The molecule has 0 bridgehead atoms. The Hall–Kier alpha value is -1.82. The van der Waals surface area contributed by atoms with E-state index in [9.17, 15) is 4.79 Å². The molecule has 1 aliphatic heterocycles. The van der Waals surface area contributed by atoms with Crippen LogP contribution in [0.2, 0.25) is 0 Å². The monoisotopic (exact) mass is 242 g/mol. The van der Waals surface area contributed by atoms with Gasteiger partial charge >= 0.3 is 0 Å². The van der Waals surface area contributed by atoms with Crippen LogP contribution >= 0.6 is 0 Å². The Morgan fingerprint density at radius 2 is 2.06 bits per heavy atom. The molecule has 0 aliphatic carbocycles. The second-order valence-corrected chi connectivity index (χ2v) is 4.89. The average Bonchev–Trinajstić information content (AvgIpc) is 2.79. The van der Waals surface area contributed by atoms with E-state index in [1.165, 1.54) is 0 Å². The molecule has 1 aliphatic rings. The summed E-state index contributed by atoms with van der Waals surface area (Å²) < 4.78 is 0. The quantitative estimate of drug-likeness (QED) is 0.800. The highest BCUT2D eigenvalue weighted by atomic mass is 16.2. The van der Waals surface area contributed by atoms with Crippen molar-refractivity contribution in [3.05, 3.63) is 35.4 Å². The summed E-state index contributed by atoms with van der Waals surface area (Å²) in [4.78, 5) is 14.5. The first-order valence-electron chi connectivity index (χ1n) is 6.50. The van der Waals surface area contributed by atoms with Gasteiger partial charge in [0.15, 0.2) is 0 Å². The molecule has 2 atom stereocenters. The maximum absolute atomic E-state index is 12.5. The SMILES string of the molecule is CCC1CCC(C)N1C(=O)c1ccc(C#N)cc1. The lowest BCUT2D eigenvalue weighted by atomic mass is 10.1. The number of nitrogens with zero attached hydrogens (tertiary/aromatic N) is 2. The van der Waals surface area contributed by atoms with Gasteiger partial charge in [-0.05, 0) is 50.5 Å². The lowest BCUT2D eigenvalue weighted by Crippen LogP contribution is -2.39. The Bertz CT molecular complexity index is 472. The first-order valence-corrected chi connectivity index (χ1v) is 6.50. The van der Waals surface area contributed by atoms with Crippen molar-refractivity contribution in [2.75, 3.05) is 0 Å². The number of rotatable bonds is 2. The fourth-order valence-corrected chi connectivity index (χ4v) is 2.67. The molecule has 3 heteroatoms. The van der Waals surface area contributed by atoms with Gasteiger partial charge in [0.2, 0.25) is 0 Å².